The van der Waals surface area contributed by atoms with Gasteiger partial charge in [-0.25, -0.2) is 4.79 Å². The van der Waals surface area contributed by atoms with Gasteiger partial charge in [-0.1, -0.05) is 13.8 Å². The first kappa shape index (κ1) is 11.3. The third-order valence-electron chi connectivity index (χ3n) is 2.85. The van der Waals surface area contributed by atoms with E-state index in [-0.39, 0.29) is 6.09 Å². The molecule has 0 radical (unpaired) electrons. The van der Waals surface area contributed by atoms with E-state index in [0.717, 1.165) is 12.8 Å². The summed E-state index contributed by atoms with van der Waals surface area (Å²) >= 11 is 0. The van der Waals surface area contributed by atoms with Gasteiger partial charge in [0.15, 0.2) is 0 Å². The van der Waals surface area contributed by atoms with Crippen molar-refractivity contribution in [1.82, 2.24) is 5.32 Å². The second-order valence-corrected chi connectivity index (χ2v) is 5.41. The summed E-state index contributed by atoms with van der Waals surface area (Å²) in [7, 11) is 0. The molecule has 0 bridgehead atoms. The van der Waals surface area contributed by atoms with Gasteiger partial charge in [-0.2, -0.15) is 0 Å². The molecular weight excluding hydrogens is 178 g/mol. The lowest BCUT2D eigenvalue weighted by Crippen LogP contribution is -2.35. The van der Waals surface area contributed by atoms with Crippen LogP contribution in [0.3, 0.4) is 0 Å². The van der Waals surface area contributed by atoms with E-state index in [1.807, 2.05) is 20.8 Å². The maximum atomic E-state index is 11.4. The van der Waals surface area contributed by atoms with Gasteiger partial charge < -0.3 is 10.1 Å². The van der Waals surface area contributed by atoms with Gasteiger partial charge in [-0.15, -0.1) is 0 Å². The third-order valence-corrected chi connectivity index (χ3v) is 2.85. The molecule has 0 unspecified atom stereocenters. The molecule has 3 nitrogen and oxygen atoms in total. The minimum Gasteiger partial charge on any atom is -0.444 e. The molecule has 0 aromatic heterocycles. The largest absolute Gasteiger partial charge is 0.444 e. The zero-order chi connectivity index (χ0) is 11.0. The molecule has 1 aliphatic rings. The van der Waals surface area contributed by atoms with E-state index in [0.29, 0.717) is 11.5 Å². The van der Waals surface area contributed by atoms with E-state index in [2.05, 4.69) is 19.2 Å². The maximum absolute atomic E-state index is 11.4. The van der Waals surface area contributed by atoms with E-state index >= 15 is 0 Å². The normalized spacial score (nSPS) is 31.1. The lowest BCUT2D eigenvalue weighted by molar-refractivity contribution is 0.0516. The number of alkyl carbamates (subject to hydrolysis) is 1. The third kappa shape index (κ3) is 2.89. The standard InChI is InChI=1S/C11H21NO2/c1-6-11(5)7-8(11)12-9(13)14-10(2,3)4/h8H,6-7H2,1-5H3,(H,12,13)/t8-,11-/m1/s1. The van der Waals surface area contributed by atoms with Crippen molar-refractivity contribution in [3.63, 3.8) is 0 Å². The van der Waals surface area contributed by atoms with Crippen LogP contribution in [0.15, 0.2) is 0 Å². The van der Waals surface area contributed by atoms with E-state index < -0.39 is 5.60 Å². The van der Waals surface area contributed by atoms with Crippen LogP contribution in [0.1, 0.15) is 47.5 Å². The Bertz CT molecular complexity index is 232. The molecule has 1 rings (SSSR count). The predicted molar refractivity (Wildman–Crippen MR) is 56.2 cm³/mol. The van der Waals surface area contributed by atoms with Gasteiger partial charge in [-0.05, 0) is 39.0 Å². The van der Waals surface area contributed by atoms with Crippen molar-refractivity contribution in [2.24, 2.45) is 5.41 Å². The molecule has 1 N–H and O–H groups in total. The minimum absolute atomic E-state index is 0.292. The fraction of sp³-hybridized carbons (Fsp3) is 0.909. The van der Waals surface area contributed by atoms with E-state index in [4.69, 9.17) is 4.74 Å². The van der Waals surface area contributed by atoms with E-state index in [1.54, 1.807) is 0 Å². The van der Waals surface area contributed by atoms with Gasteiger partial charge in [0, 0.05) is 6.04 Å². The topological polar surface area (TPSA) is 38.3 Å². The monoisotopic (exact) mass is 199 g/mol. The number of amides is 1. The van der Waals surface area contributed by atoms with Crippen molar-refractivity contribution in [1.29, 1.82) is 0 Å². The highest BCUT2D eigenvalue weighted by Gasteiger charge is 2.49. The molecule has 0 aromatic rings. The fourth-order valence-corrected chi connectivity index (χ4v) is 1.47. The van der Waals surface area contributed by atoms with Crippen LogP contribution < -0.4 is 5.32 Å². The second kappa shape index (κ2) is 3.44. The Morgan fingerprint density at radius 1 is 1.57 bits per heavy atom. The fourth-order valence-electron chi connectivity index (χ4n) is 1.47. The first-order valence-electron chi connectivity index (χ1n) is 5.26. The van der Waals surface area contributed by atoms with Gasteiger partial charge in [0.2, 0.25) is 0 Å². The Morgan fingerprint density at radius 2 is 2.14 bits per heavy atom. The van der Waals surface area contributed by atoms with Gasteiger partial charge in [0.25, 0.3) is 0 Å². The van der Waals surface area contributed by atoms with Crippen molar-refractivity contribution in [3.05, 3.63) is 0 Å². The van der Waals surface area contributed by atoms with E-state index in [1.165, 1.54) is 0 Å². The molecule has 0 aromatic carbocycles. The molecular formula is C11H21NO2. The minimum atomic E-state index is -0.401. The van der Waals surface area contributed by atoms with Crippen molar-refractivity contribution in [2.45, 2.75) is 59.1 Å². The number of carbonyl (C=O) groups is 1. The SMILES string of the molecule is CC[C@]1(C)C[C@H]1NC(=O)OC(C)(C)C. The number of ether oxygens (including phenoxy) is 1. The van der Waals surface area contributed by atoms with Gasteiger partial charge in [0.05, 0.1) is 0 Å². The lowest BCUT2D eigenvalue weighted by Gasteiger charge is -2.20. The smallest absolute Gasteiger partial charge is 0.407 e. The van der Waals surface area contributed by atoms with Crippen molar-refractivity contribution < 1.29 is 9.53 Å². The number of rotatable bonds is 2. The highest BCUT2D eigenvalue weighted by atomic mass is 16.6. The molecule has 2 atom stereocenters. The number of nitrogens with one attached hydrogen (secondary N) is 1. The van der Waals surface area contributed by atoms with Crippen LogP contribution in [0.2, 0.25) is 0 Å². The average molecular weight is 199 g/mol. The van der Waals surface area contributed by atoms with Gasteiger partial charge in [-0.3, -0.25) is 0 Å². The first-order valence-corrected chi connectivity index (χ1v) is 5.26. The van der Waals surface area contributed by atoms with Crippen LogP contribution in [0.4, 0.5) is 4.79 Å². The van der Waals surface area contributed by atoms with Crippen LogP contribution in [-0.4, -0.2) is 17.7 Å². The molecule has 0 spiro atoms. The van der Waals surface area contributed by atoms with Crippen LogP contribution in [0.5, 0.6) is 0 Å². The summed E-state index contributed by atoms with van der Waals surface area (Å²) in [5.41, 5.74) is -0.0987. The van der Waals surface area contributed by atoms with Gasteiger partial charge >= 0.3 is 6.09 Å². The van der Waals surface area contributed by atoms with Crippen LogP contribution in [0, 0.1) is 5.41 Å². The van der Waals surface area contributed by atoms with Crippen molar-refractivity contribution >= 4 is 6.09 Å². The summed E-state index contributed by atoms with van der Waals surface area (Å²) < 4.78 is 5.18. The molecule has 0 aliphatic heterocycles. The molecule has 14 heavy (non-hydrogen) atoms. The van der Waals surface area contributed by atoms with Crippen LogP contribution in [0.25, 0.3) is 0 Å². The molecule has 1 aliphatic carbocycles. The predicted octanol–water partition coefficient (Wildman–Crippen LogP) is 2.70. The van der Waals surface area contributed by atoms with Crippen molar-refractivity contribution in [3.8, 4) is 0 Å². The van der Waals surface area contributed by atoms with Crippen LogP contribution >= 0.6 is 0 Å². The average Bonchev–Trinajstić information content (AvgIpc) is 2.58. The van der Waals surface area contributed by atoms with Crippen molar-refractivity contribution in [2.75, 3.05) is 0 Å². The Kier molecular flexibility index (Phi) is 2.79. The summed E-state index contributed by atoms with van der Waals surface area (Å²) in [6.45, 7) is 9.96. The number of carbonyl (C=O) groups excluding carboxylic acids is 1. The molecule has 1 fully saturated rings. The molecule has 0 saturated heterocycles. The van der Waals surface area contributed by atoms with Gasteiger partial charge in [0.1, 0.15) is 5.60 Å². The summed E-state index contributed by atoms with van der Waals surface area (Å²) in [5, 5.41) is 2.89. The van der Waals surface area contributed by atoms with Crippen LogP contribution in [-0.2, 0) is 4.74 Å². The molecule has 1 amide bonds. The highest BCUT2D eigenvalue weighted by Crippen LogP contribution is 2.48. The number of hydrogen-bond donors (Lipinski definition) is 1. The lowest BCUT2D eigenvalue weighted by atomic mass is 10.1. The maximum Gasteiger partial charge on any atom is 0.407 e. The molecule has 1 saturated carbocycles. The second-order valence-electron chi connectivity index (χ2n) is 5.41. The summed E-state index contributed by atoms with van der Waals surface area (Å²) in [5.74, 6) is 0. The Hall–Kier alpha value is -0.730. The summed E-state index contributed by atoms with van der Waals surface area (Å²) in [4.78, 5) is 11.4. The number of hydrogen-bond acceptors (Lipinski definition) is 2. The Morgan fingerprint density at radius 3 is 2.50 bits per heavy atom. The molecule has 82 valence electrons. The highest BCUT2D eigenvalue weighted by molar-refractivity contribution is 5.68. The molecule has 0 heterocycles. The first-order chi connectivity index (χ1) is 6.27. The Balaban J connectivity index is 2.31. The molecule has 3 heteroatoms. The zero-order valence-corrected chi connectivity index (χ0v) is 9.81. The quantitative estimate of drug-likeness (QED) is 0.742. The zero-order valence-electron chi connectivity index (χ0n) is 9.81. The van der Waals surface area contributed by atoms with E-state index in [9.17, 15) is 4.79 Å². The Labute approximate surface area is 86.2 Å². The summed E-state index contributed by atoms with van der Waals surface area (Å²) in [6.07, 6.45) is 1.88. The summed E-state index contributed by atoms with van der Waals surface area (Å²) in [6, 6.07) is 0.308.